The molecule has 1 fully saturated rings. The summed E-state index contributed by atoms with van der Waals surface area (Å²) in [6, 6.07) is 9.73. The molecular weight excluding hydrogens is 238 g/mol. The van der Waals surface area contributed by atoms with Crippen LogP contribution in [-0.2, 0) is 5.41 Å². The van der Waals surface area contributed by atoms with Crippen LogP contribution in [0.15, 0.2) is 24.3 Å². The molecule has 2 unspecified atom stereocenters. The molecule has 1 N–H and O–H groups in total. The van der Waals surface area contributed by atoms with Gasteiger partial charge in [0.15, 0.2) is 0 Å². The highest BCUT2D eigenvalue weighted by Crippen LogP contribution is 2.34. The summed E-state index contributed by atoms with van der Waals surface area (Å²) in [5, 5.41) is 3.51. The number of benzene rings is 1. The van der Waals surface area contributed by atoms with Gasteiger partial charge >= 0.3 is 0 Å². The maximum absolute atomic E-state index is 3.51. The van der Waals surface area contributed by atoms with Gasteiger partial charge in [-0.2, -0.15) is 11.8 Å². The van der Waals surface area contributed by atoms with Crippen molar-refractivity contribution in [3.8, 4) is 0 Å². The topological polar surface area (TPSA) is 12.0 Å². The van der Waals surface area contributed by atoms with Gasteiger partial charge in [-0.3, -0.25) is 0 Å². The van der Waals surface area contributed by atoms with Crippen LogP contribution in [0.25, 0.3) is 0 Å². The van der Waals surface area contributed by atoms with Crippen LogP contribution in [0.1, 0.15) is 44.4 Å². The molecule has 1 aromatic carbocycles. The second kappa shape index (κ2) is 5.66. The summed E-state index contributed by atoms with van der Waals surface area (Å²) in [6.45, 7) is 6.81. The molecule has 1 nitrogen and oxygen atoms in total. The van der Waals surface area contributed by atoms with Gasteiger partial charge in [0.2, 0.25) is 0 Å². The maximum Gasteiger partial charge on any atom is 0.0354 e. The molecule has 2 atom stereocenters. The molecule has 2 heteroatoms. The molecule has 0 amide bonds. The first-order valence-electron chi connectivity index (χ1n) is 6.88. The maximum atomic E-state index is 3.51. The van der Waals surface area contributed by atoms with Crippen LogP contribution < -0.4 is 5.32 Å². The lowest BCUT2D eigenvalue weighted by Crippen LogP contribution is -2.25. The van der Waals surface area contributed by atoms with E-state index in [9.17, 15) is 0 Å². The van der Waals surface area contributed by atoms with E-state index >= 15 is 0 Å². The van der Waals surface area contributed by atoms with Gasteiger partial charge in [-0.25, -0.2) is 0 Å². The van der Waals surface area contributed by atoms with Crippen LogP contribution in [0.4, 0.5) is 0 Å². The Kier molecular flexibility index (Phi) is 4.39. The number of rotatable bonds is 3. The van der Waals surface area contributed by atoms with Gasteiger partial charge in [0.1, 0.15) is 0 Å². The Bertz CT molecular complexity index is 371. The highest BCUT2D eigenvalue weighted by Gasteiger charge is 2.25. The van der Waals surface area contributed by atoms with Crippen molar-refractivity contribution in [1.82, 2.24) is 5.32 Å². The SMILES string of the molecule is CNC(c1ccc(C(C)(C)C)cc1)C1CCSC1. The number of nitrogens with one attached hydrogen (secondary N) is 1. The molecule has 1 aliphatic rings. The fourth-order valence-corrected chi connectivity index (χ4v) is 3.98. The van der Waals surface area contributed by atoms with Crippen LogP contribution in [-0.4, -0.2) is 18.6 Å². The van der Waals surface area contributed by atoms with Gasteiger partial charge in [-0.1, -0.05) is 45.0 Å². The van der Waals surface area contributed by atoms with E-state index in [1.165, 1.54) is 29.1 Å². The Morgan fingerprint density at radius 3 is 2.33 bits per heavy atom. The Hall–Kier alpha value is -0.470. The van der Waals surface area contributed by atoms with Gasteiger partial charge in [-0.05, 0) is 47.4 Å². The van der Waals surface area contributed by atoms with Crippen molar-refractivity contribution >= 4 is 11.8 Å². The molecule has 1 saturated heterocycles. The summed E-state index contributed by atoms with van der Waals surface area (Å²) < 4.78 is 0. The second-order valence-corrected chi connectivity index (χ2v) is 7.41. The van der Waals surface area contributed by atoms with Crippen molar-refractivity contribution in [2.75, 3.05) is 18.6 Å². The highest BCUT2D eigenvalue weighted by atomic mass is 32.2. The molecule has 1 aromatic rings. The smallest absolute Gasteiger partial charge is 0.0354 e. The highest BCUT2D eigenvalue weighted by molar-refractivity contribution is 7.99. The first kappa shape index (κ1) is 14.0. The third kappa shape index (κ3) is 3.10. The average Bonchev–Trinajstić information content (AvgIpc) is 2.83. The molecular formula is C16H25NS. The fourth-order valence-electron chi connectivity index (χ4n) is 2.68. The van der Waals surface area contributed by atoms with Crippen LogP contribution in [0.3, 0.4) is 0 Å². The van der Waals surface area contributed by atoms with E-state index in [-0.39, 0.29) is 5.41 Å². The number of thioether (sulfide) groups is 1. The predicted molar refractivity (Wildman–Crippen MR) is 82.4 cm³/mol. The van der Waals surface area contributed by atoms with E-state index in [1.807, 2.05) is 0 Å². The third-order valence-corrected chi connectivity index (χ3v) is 5.07. The normalized spacial score (nSPS) is 22.1. The fraction of sp³-hybridized carbons (Fsp3) is 0.625. The summed E-state index contributed by atoms with van der Waals surface area (Å²) in [4.78, 5) is 0. The molecule has 0 spiro atoms. The second-order valence-electron chi connectivity index (χ2n) is 6.26. The van der Waals surface area contributed by atoms with Crippen LogP contribution in [0, 0.1) is 5.92 Å². The molecule has 100 valence electrons. The van der Waals surface area contributed by atoms with Gasteiger partial charge < -0.3 is 5.32 Å². The van der Waals surface area contributed by atoms with Crippen LogP contribution in [0.2, 0.25) is 0 Å². The minimum atomic E-state index is 0.247. The zero-order valence-electron chi connectivity index (χ0n) is 12.0. The summed E-state index contributed by atoms with van der Waals surface area (Å²) in [7, 11) is 2.09. The molecule has 0 radical (unpaired) electrons. The first-order valence-corrected chi connectivity index (χ1v) is 8.03. The summed E-state index contributed by atoms with van der Waals surface area (Å²) >= 11 is 2.09. The lowest BCUT2D eigenvalue weighted by atomic mass is 9.85. The van der Waals surface area contributed by atoms with E-state index in [2.05, 4.69) is 69.2 Å². The Morgan fingerprint density at radius 1 is 1.22 bits per heavy atom. The quantitative estimate of drug-likeness (QED) is 0.884. The predicted octanol–water partition coefficient (Wildman–Crippen LogP) is 4.00. The van der Waals surface area contributed by atoms with E-state index < -0.39 is 0 Å². The average molecular weight is 263 g/mol. The Labute approximate surface area is 116 Å². The van der Waals surface area contributed by atoms with Crippen molar-refractivity contribution in [2.24, 2.45) is 5.92 Å². The monoisotopic (exact) mass is 263 g/mol. The molecule has 1 aliphatic heterocycles. The number of hydrogen-bond acceptors (Lipinski definition) is 2. The Balaban J connectivity index is 2.16. The van der Waals surface area contributed by atoms with E-state index in [0.29, 0.717) is 6.04 Å². The Morgan fingerprint density at radius 2 is 1.89 bits per heavy atom. The largest absolute Gasteiger partial charge is 0.313 e. The number of hydrogen-bond donors (Lipinski definition) is 1. The van der Waals surface area contributed by atoms with Gasteiger partial charge in [0, 0.05) is 6.04 Å². The van der Waals surface area contributed by atoms with E-state index in [1.54, 1.807) is 0 Å². The first-order chi connectivity index (χ1) is 8.52. The minimum Gasteiger partial charge on any atom is -0.313 e. The van der Waals surface area contributed by atoms with Gasteiger partial charge in [-0.15, -0.1) is 0 Å². The lowest BCUT2D eigenvalue weighted by Gasteiger charge is -2.25. The van der Waals surface area contributed by atoms with Gasteiger partial charge in [0.25, 0.3) is 0 Å². The minimum absolute atomic E-state index is 0.247. The zero-order valence-corrected chi connectivity index (χ0v) is 12.8. The summed E-state index contributed by atoms with van der Waals surface area (Å²) in [6.07, 6.45) is 1.34. The molecule has 2 rings (SSSR count). The molecule has 18 heavy (non-hydrogen) atoms. The van der Waals surface area contributed by atoms with Crippen molar-refractivity contribution in [3.05, 3.63) is 35.4 Å². The molecule has 1 heterocycles. The van der Waals surface area contributed by atoms with Gasteiger partial charge in [0.05, 0.1) is 0 Å². The van der Waals surface area contributed by atoms with Crippen molar-refractivity contribution in [1.29, 1.82) is 0 Å². The standard InChI is InChI=1S/C16H25NS/c1-16(2,3)14-7-5-12(6-8-14)15(17-4)13-9-10-18-11-13/h5-8,13,15,17H,9-11H2,1-4H3. The third-order valence-electron chi connectivity index (χ3n) is 3.88. The lowest BCUT2D eigenvalue weighted by molar-refractivity contribution is 0.419. The molecule has 0 aromatic heterocycles. The van der Waals surface area contributed by atoms with Crippen molar-refractivity contribution in [3.63, 3.8) is 0 Å². The van der Waals surface area contributed by atoms with E-state index in [0.717, 1.165) is 5.92 Å². The van der Waals surface area contributed by atoms with Crippen LogP contribution in [0.5, 0.6) is 0 Å². The van der Waals surface area contributed by atoms with E-state index in [4.69, 9.17) is 0 Å². The zero-order chi connectivity index (χ0) is 13.2. The summed E-state index contributed by atoms with van der Waals surface area (Å²) in [5.74, 6) is 3.41. The van der Waals surface area contributed by atoms with Crippen LogP contribution >= 0.6 is 11.8 Å². The molecule has 0 aliphatic carbocycles. The summed E-state index contributed by atoms with van der Waals surface area (Å²) in [5.41, 5.74) is 3.11. The van der Waals surface area contributed by atoms with Crippen molar-refractivity contribution < 1.29 is 0 Å². The molecule has 0 saturated carbocycles. The van der Waals surface area contributed by atoms with Crippen molar-refractivity contribution in [2.45, 2.75) is 38.6 Å². The molecule has 0 bridgehead atoms.